The second-order valence-corrected chi connectivity index (χ2v) is 6.43. The predicted molar refractivity (Wildman–Crippen MR) is 104 cm³/mol. The molecule has 1 aliphatic rings. The number of rotatable bonds is 6. The van der Waals surface area contributed by atoms with Crippen LogP contribution in [0.3, 0.4) is 0 Å². The normalized spacial score (nSPS) is 17.1. The van der Waals surface area contributed by atoms with Gasteiger partial charge in [-0.3, -0.25) is 4.99 Å². The molecule has 0 saturated carbocycles. The Kier molecular flexibility index (Phi) is 6.64. The van der Waals surface area contributed by atoms with Crippen LogP contribution in [0, 0.1) is 5.82 Å². The number of aliphatic imine (C=N–C) groups is 1. The van der Waals surface area contributed by atoms with Crippen molar-refractivity contribution in [2.45, 2.75) is 12.5 Å². The largest absolute Gasteiger partial charge is 0.475 e. The lowest BCUT2D eigenvalue weighted by atomic mass is 10.3. The summed E-state index contributed by atoms with van der Waals surface area (Å²) in [6.07, 6.45) is 4.11. The molecule has 2 aromatic rings. The van der Waals surface area contributed by atoms with Gasteiger partial charge in [0, 0.05) is 38.6 Å². The monoisotopic (exact) mass is 392 g/mol. The van der Waals surface area contributed by atoms with Crippen LogP contribution in [0.5, 0.6) is 5.88 Å². The van der Waals surface area contributed by atoms with E-state index in [-0.39, 0.29) is 11.9 Å². The average Bonchev–Trinajstić information content (AvgIpc) is 3.14. The lowest BCUT2D eigenvalue weighted by molar-refractivity contribution is 0.310. The van der Waals surface area contributed by atoms with Gasteiger partial charge < -0.3 is 20.3 Å². The van der Waals surface area contributed by atoms with Gasteiger partial charge in [0.2, 0.25) is 5.88 Å². The van der Waals surface area contributed by atoms with Gasteiger partial charge in [-0.2, -0.15) is 0 Å². The van der Waals surface area contributed by atoms with Crippen LogP contribution < -0.4 is 20.3 Å². The maximum atomic E-state index is 13.9. The quantitative estimate of drug-likeness (QED) is 0.445. The third-order valence-corrected chi connectivity index (χ3v) is 4.44. The van der Waals surface area contributed by atoms with Crippen molar-refractivity contribution in [2.75, 3.05) is 38.2 Å². The molecule has 1 fully saturated rings. The van der Waals surface area contributed by atoms with E-state index in [2.05, 4.69) is 25.6 Å². The van der Waals surface area contributed by atoms with Gasteiger partial charge >= 0.3 is 0 Å². The third-order valence-electron chi connectivity index (χ3n) is 4.15. The van der Waals surface area contributed by atoms with E-state index in [1.54, 1.807) is 37.6 Å². The van der Waals surface area contributed by atoms with Gasteiger partial charge in [0.25, 0.3) is 0 Å². The molecule has 144 valence electrons. The smallest absolute Gasteiger partial charge is 0.232 e. The number of hydrogen-bond donors (Lipinski definition) is 2. The number of pyridine rings is 2. The number of nitrogens with zero attached hydrogens (tertiary/aromatic N) is 4. The van der Waals surface area contributed by atoms with Crippen LogP contribution >= 0.6 is 11.6 Å². The minimum atomic E-state index is -0.300. The van der Waals surface area contributed by atoms with Gasteiger partial charge in [0.1, 0.15) is 11.6 Å². The van der Waals surface area contributed by atoms with Crippen molar-refractivity contribution in [3.05, 3.63) is 47.5 Å². The molecule has 1 unspecified atom stereocenters. The van der Waals surface area contributed by atoms with Crippen LogP contribution in [-0.2, 0) is 0 Å². The summed E-state index contributed by atoms with van der Waals surface area (Å²) < 4.78 is 19.4. The first kappa shape index (κ1) is 19.2. The first-order valence-electron chi connectivity index (χ1n) is 8.73. The van der Waals surface area contributed by atoms with E-state index in [0.29, 0.717) is 42.4 Å². The Morgan fingerprint density at radius 3 is 2.96 bits per heavy atom. The molecule has 3 heterocycles. The van der Waals surface area contributed by atoms with E-state index in [1.165, 1.54) is 6.07 Å². The first-order valence-corrected chi connectivity index (χ1v) is 9.11. The van der Waals surface area contributed by atoms with Crippen LogP contribution in [0.2, 0.25) is 5.02 Å². The molecule has 2 N–H and O–H groups in total. The van der Waals surface area contributed by atoms with Crippen LogP contribution in [0.25, 0.3) is 0 Å². The Morgan fingerprint density at radius 2 is 2.19 bits per heavy atom. The fourth-order valence-corrected chi connectivity index (χ4v) is 3.04. The molecular weight excluding hydrogens is 371 g/mol. The molecule has 27 heavy (non-hydrogen) atoms. The van der Waals surface area contributed by atoms with Crippen molar-refractivity contribution in [3.63, 3.8) is 0 Å². The van der Waals surface area contributed by atoms with E-state index in [9.17, 15) is 4.39 Å². The van der Waals surface area contributed by atoms with Crippen molar-refractivity contribution >= 4 is 23.4 Å². The Balaban J connectivity index is 1.43. The average molecular weight is 393 g/mol. The van der Waals surface area contributed by atoms with Crippen LogP contribution in [0.4, 0.5) is 10.2 Å². The molecule has 9 heteroatoms. The summed E-state index contributed by atoms with van der Waals surface area (Å²) in [4.78, 5) is 14.4. The molecule has 0 aliphatic carbocycles. The lowest BCUT2D eigenvalue weighted by Gasteiger charge is -2.20. The van der Waals surface area contributed by atoms with Gasteiger partial charge in [-0.05, 0) is 30.7 Å². The Morgan fingerprint density at radius 1 is 1.37 bits per heavy atom. The van der Waals surface area contributed by atoms with Crippen LogP contribution in [0.15, 0.2) is 41.7 Å². The summed E-state index contributed by atoms with van der Waals surface area (Å²) in [5, 5.41) is 7.01. The number of nitrogens with one attached hydrogen (secondary N) is 2. The molecule has 1 saturated heterocycles. The minimum Gasteiger partial charge on any atom is -0.475 e. The molecule has 0 radical (unpaired) electrons. The standard InChI is InChI=1S/C18H22ClFN6O/c1-21-18(24-9-11-27-17-14(19)4-2-8-23-17)25-13-6-10-26(12-13)16-15(20)5-3-7-22-16/h2-5,7-8,13H,6,9-12H2,1H3,(H2,21,24,25). The fraction of sp³-hybridized carbons (Fsp3) is 0.389. The predicted octanol–water partition coefficient (Wildman–Crippen LogP) is 2.09. The SMILES string of the molecule is CN=C(NCCOc1ncccc1Cl)NC1CCN(c2ncccc2F)C1. The lowest BCUT2D eigenvalue weighted by Crippen LogP contribution is -2.45. The highest BCUT2D eigenvalue weighted by Crippen LogP contribution is 2.21. The van der Waals surface area contributed by atoms with Crippen molar-refractivity contribution in [1.82, 2.24) is 20.6 Å². The summed E-state index contributed by atoms with van der Waals surface area (Å²) in [7, 11) is 1.71. The van der Waals surface area contributed by atoms with Crippen molar-refractivity contribution < 1.29 is 9.13 Å². The van der Waals surface area contributed by atoms with E-state index in [1.807, 2.05) is 4.90 Å². The Labute approximate surface area is 162 Å². The maximum absolute atomic E-state index is 13.9. The second-order valence-electron chi connectivity index (χ2n) is 6.02. The zero-order chi connectivity index (χ0) is 19.1. The summed E-state index contributed by atoms with van der Waals surface area (Å²) >= 11 is 6.00. The summed E-state index contributed by atoms with van der Waals surface area (Å²) in [5.41, 5.74) is 0. The number of halogens is 2. The topological polar surface area (TPSA) is 74.7 Å². The van der Waals surface area contributed by atoms with E-state index < -0.39 is 0 Å². The van der Waals surface area contributed by atoms with Gasteiger partial charge in [0.15, 0.2) is 17.6 Å². The molecule has 0 amide bonds. The number of hydrogen-bond acceptors (Lipinski definition) is 5. The first-order chi connectivity index (χ1) is 13.2. The van der Waals surface area contributed by atoms with Crippen LogP contribution in [-0.4, -0.2) is 55.3 Å². The number of guanidine groups is 1. The Hall–Kier alpha value is -2.61. The highest BCUT2D eigenvalue weighted by Gasteiger charge is 2.25. The molecular formula is C18H22ClFN6O. The highest BCUT2D eigenvalue weighted by atomic mass is 35.5. The van der Waals surface area contributed by atoms with Crippen molar-refractivity contribution in [1.29, 1.82) is 0 Å². The molecule has 2 aromatic heterocycles. The number of anilines is 1. The third kappa shape index (κ3) is 5.19. The molecule has 0 bridgehead atoms. The molecule has 3 rings (SSSR count). The highest BCUT2D eigenvalue weighted by molar-refractivity contribution is 6.31. The number of ether oxygens (including phenoxy) is 1. The Bertz CT molecular complexity index is 790. The molecule has 1 atom stereocenters. The van der Waals surface area contributed by atoms with Crippen molar-refractivity contribution in [3.8, 4) is 5.88 Å². The van der Waals surface area contributed by atoms with Crippen molar-refractivity contribution in [2.24, 2.45) is 4.99 Å². The maximum Gasteiger partial charge on any atom is 0.232 e. The van der Waals surface area contributed by atoms with Gasteiger partial charge in [-0.1, -0.05) is 11.6 Å². The summed E-state index contributed by atoms with van der Waals surface area (Å²) in [6, 6.07) is 6.66. The summed E-state index contributed by atoms with van der Waals surface area (Å²) in [5.74, 6) is 1.17. The molecule has 7 nitrogen and oxygen atoms in total. The van der Waals surface area contributed by atoms with Gasteiger partial charge in [0.05, 0.1) is 6.54 Å². The second kappa shape index (κ2) is 9.36. The van der Waals surface area contributed by atoms with E-state index in [4.69, 9.17) is 16.3 Å². The zero-order valence-corrected chi connectivity index (χ0v) is 15.8. The molecule has 0 spiro atoms. The zero-order valence-electron chi connectivity index (χ0n) is 15.0. The van der Waals surface area contributed by atoms with Gasteiger partial charge in [-0.15, -0.1) is 0 Å². The minimum absolute atomic E-state index is 0.156. The fourth-order valence-electron chi connectivity index (χ4n) is 2.86. The molecule has 1 aliphatic heterocycles. The van der Waals surface area contributed by atoms with E-state index >= 15 is 0 Å². The van der Waals surface area contributed by atoms with E-state index in [0.717, 1.165) is 13.0 Å². The van der Waals surface area contributed by atoms with Crippen LogP contribution in [0.1, 0.15) is 6.42 Å². The van der Waals surface area contributed by atoms with Gasteiger partial charge in [-0.25, -0.2) is 14.4 Å². The number of aromatic nitrogens is 2. The summed E-state index contributed by atoms with van der Waals surface area (Å²) in [6.45, 7) is 2.34. The molecule has 0 aromatic carbocycles.